The fourth-order valence-corrected chi connectivity index (χ4v) is 2.67. The van der Waals surface area contributed by atoms with Crippen LogP contribution in [-0.2, 0) is 9.53 Å². The summed E-state index contributed by atoms with van der Waals surface area (Å²) in [7, 11) is 0. The van der Waals surface area contributed by atoms with Crippen LogP contribution in [-0.4, -0.2) is 29.4 Å². The minimum atomic E-state index is -4.74. The second-order valence-electron chi connectivity index (χ2n) is 4.69. The molecule has 134 valence electrons. The van der Waals surface area contributed by atoms with Gasteiger partial charge in [-0.2, -0.15) is 18.3 Å². The molecule has 5 nitrogen and oxygen atoms in total. The predicted molar refractivity (Wildman–Crippen MR) is 93.6 cm³/mol. The first-order valence-corrected chi connectivity index (χ1v) is 8.73. The number of aromatic nitrogens is 1. The van der Waals surface area contributed by atoms with Crippen LogP contribution in [0.3, 0.4) is 0 Å². The molecule has 1 N–H and O–H groups in total. The Kier molecular flexibility index (Phi) is 6.54. The zero-order valence-electron chi connectivity index (χ0n) is 12.9. The summed E-state index contributed by atoms with van der Waals surface area (Å²) in [5.41, 5.74) is 2.41. The number of anilines is 1. The number of nitrogens with zero attached hydrogens (tertiary/aromatic N) is 2. The van der Waals surface area contributed by atoms with Gasteiger partial charge in [-0.3, -0.25) is 10.2 Å². The third-order valence-corrected chi connectivity index (χ3v) is 4.15. The zero-order chi connectivity index (χ0) is 18.4. The Morgan fingerprint density at radius 3 is 2.64 bits per heavy atom. The van der Waals surface area contributed by atoms with Crippen LogP contribution in [0.5, 0.6) is 0 Å². The molecule has 1 heterocycles. The van der Waals surface area contributed by atoms with Crippen molar-refractivity contribution in [2.75, 3.05) is 12.0 Å². The second kappa shape index (κ2) is 8.43. The fourth-order valence-electron chi connectivity index (χ4n) is 1.75. The standard InChI is InChI=1S/C15H13BrF3N3O2S/c1-2-24-13(23)7-12(15(17,18)19)21-22-14-20-11(8-25-14)9-3-5-10(16)6-4-9/h3-6,8H,2,7H2,1H3,(H,20,22)/b21-12-. The van der Waals surface area contributed by atoms with Gasteiger partial charge in [-0.05, 0) is 19.1 Å². The van der Waals surface area contributed by atoms with Crippen LogP contribution in [0.4, 0.5) is 18.3 Å². The summed E-state index contributed by atoms with van der Waals surface area (Å²) >= 11 is 4.43. The Morgan fingerprint density at radius 1 is 1.36 bits per heavy atom. The second-order valence-corrected chi connectivity index (χ2v) is 6.47. The highest BCUT2D eigenvalue weighted by atomic mass is 79.9. The number of carbonyl (C=O) groups is 1. The average molecular weight is 436 g/mol. The maximum Gasteiger partial charge on any atom is 0.431 e. The average Bonchev–Trinajstić information content (AvgIpc) is 3.00. The van der Waals surface area contributed by atoms with Crippen molar-refractivity contribution in [3.63, 3.8) is 0 Å². The van der Waals surface area contributed by atoms with Gasteiger partial charge < -0.3 is 4.74 Å². The molecule has 0 aliphatic carbocycles. The first-order chi connectivity index (χ1) is 11.8. The Morgan fingerprint density at radius 2 is 2.04 bits per heavy atom. The molecule has 0 spiro atoms. The summed E-state index contributed by atoms with van der Waals surface area (Å²) in [6.07, 6.45) is -5.71. The Labute approximate surface area is 154 Å². The van der Waals surface area contributed by atoms with Crippen LogP contribution in [0, 0.1) is 0 Å². The fraction of sp³-hybridized carbons (Fsp3) is 0.267. The molecule has 1 aromatic heterocycles. The van der Waals surface area contributed by atoms with Gasteiger partial charge in [-0.25, -0.2) is 4.98 Å². The molecular formula is C15H13BrF3N3O2S. The van der Waals surface area contributed by atoms with Crippen LogP contribution < -0.4 is 5.43 Å². The summed E-state index contributed by atoms with van der Waals surface area (Å²) in [6.45, 7) is 1.51. The minimum absolute atomic E-state index is 0.000426. The van der Waals surface area contributed by atoms with E-state index in [0.717, 1.165) is 21.4 Å². The number of ether oxygens (including phenoxy) is 1. The maximum atomic E-state index is 12.9. The topological polar surface area (TPSA) is 63.6 Å². The smallest absolute Gasteiger partial charge is 0.431 e. The summed E-state index contributed by atoms with van der Waals surface area (Å²) < 4.78 is 44.2. The number of carbonyl (C=O) groups excluding carboxylic acids is 1. The third kappa shape index (κ3) is 5.82. The van der Waals surface area contributed by atoms with Gasteiger partial charge in [0.05, 0.1) is 18.7 Å². The molecule has 0 aliphatic heterocycles. The summed E-state index contributed by atoms with van der Waals surface area (Å²) in [5, 5.41) is 5.17. The summed E-state index contributed by atoms with van der Waals surface area (Å²) in [5.74, 6) is -0.991. The molecule has 2 aromatic rings. The highest BCUT2D eigenvalue weighted by Crippen LogP contribution is 2.27. The van der Waals surface area contributed by atoms with Crippen molar-refractivity contribution in [2.45, 2.75) is 19.5 Å². The number of thiazole rings is 1. The predicted octanol–water partition coefficient (Wildman–Crippen LogP) is 4.86. The molecule has 0 bridgehead atoms. The number of hydrogen-bond acceptors (Lipinski definition) is 6. The first kappa shape index (κ1) is 19.4. The zero-order valence-corrected chi connectivity index (χ0v) is 15.3. The quantitative estimate of drug-likeness (QED) is 0.399. The maximum absolute atomic E-state index is 12.9. The number of rotatable bonds is 6. The number of halogens is 4. The molecule has 0 unspecified atom stereocenters. The third-order valence-electron chi connectivity index (χ3n) is 2.88. The van der Waals surface area contributed by atoms with Crippen molar-refractivity contribution in [3.05, 3.63) is 34.1 Å². The molecule has 0 saturated carbocycles. The molecule has 10 heteroatoms. The van der Waals surface area contributed by atoms with Crippen molar-refractivity contribution >= 4 is 44.1 Å². The minimum Gasteiger partial charge on any atom is -0.466 e. The van der Waals surface area contributed by atoms with Gasteiger partial charge in [0.25, 0.3) is 0 Å². The molecular weight excluding hydrogens is 423 g/mol. The molecule has 0 atom stereocenters. The highest BCUT2D eigenvalue weighted by Gasteiger charge is 2.37. The SMILES string of the molecule is CCOC(=O)C/C(=N/Nc1nc(-c2ccc(Br)cc2)cs1)C(F)(F)F. The van der Waals surface area contributed by atoms with Gasteiger partial charge >= 0.3 is 12.1 Å². The van der Waals surface area contributed by atoms with Crippen molar-refractivity contribution in [2.24, 2.45) is 5.10 Å². The summed E-state index contributed by atoms with van der Waals surface area (Å²) in [4.78, 5) is 15.5. The van der Waals surface area contributed by atoms with E-state index < -0.39 is 24.3 Å². The van der Waals surface area contributed by atoms with Crippen LogP contribution in [0.2, 0.25) is 0 Å². The number of benzene rings is 1. The number of alkyl halides is 3. The Bertz CT molecular complexity index is 760. The van der Waals surface area contributed by atoms with E-state index in [-0.39, 0.29) is 11.7 Å². The first-order valence-electron chi connectivity index (χ1n) is 7.06. The van der Waals surface area contributed by atoms with Gasteiger partial charge in [-0.15, -0.1) is 11.3 Å². The largest absolute Gasteiger partial charge is 0.466 e. The molecule has 0 amide bonds. The highest BCUT2D eigenvalue weighted by molar-refractivity contribution is 9.10. The van der Waals surface area contributed by atoms with Crippen LogP contribution >= 0.6 is 27.3 Å². The molecule has 0 fully saturated rings. The van der Waals surface area contributed by atoms with E-state index in [0.29, 0.717) is 5.69 Å². The van der Waals surface area contributed by atoms with E-state index in [1.165, 1.54) is 6.92 Å². The molecule has 0 aliphatic rings. The number of hydrazone groups is 1. The molecule has 2 rings (SSSR count). The van der Waals surface area contributed by atoms with E-state index >= 15 is 0 Å². The Balaban J connectivity index is 2.12. The van der Waals surface area contributed by atoms with E-state index in [2.05, 4.69) is 36.2 Å². The number of nitrogens with one attached hydrogen (secondary N) is 1. The lowest BCUT2D eigenvalue weighted by Crippen LogP contribution is -2.27. The van der Waals surface area contributed by atoms with E-state index in [9.17, 15) is 18.0 Å². The van der Waals surface area contributed by atoms with Crippen molar-refractivity contribution < 1.29 is 22.7 Å². The van der Waals surface area contributed by atoms with E-state index in [1.807, 2.05) is 24.3 Å². The van der Waals surface area contributed by atoms with Crippen LogP contribution in [0.25, 0.3) is 11.3 Å². The van der Waals surface area contributed by atoms with E-state index in [1.54, 1.807) is 5.38 Å². The molecule has 1 aromatic carbocycles. The molecule has 25 heavy (non-hydrogen) atoms. The van der Waals surface area contributed by atoms with Gasteiger partial charge in [0.2, 0.25) is 5.13 Å². The van der Waals surface area contributed by atoms with Crippen molar-refractivity contribution in [1.82, 2.24) is 4.98 Å². The molecule has 0 saturated heterocycles. The van der Waals surface area contributed by atoms with Crippen LogP contribution in [0.15, 0.2) is 39.2 Å². The van der Waals surface area contributed by atoms with Gasteiger partial charge in [0, 0.05) is 15.4 Å². The Hall–Kier alpha value is -1.94. The van der Waals surface area contributed by atoms with Gasteiger partial charge in [-0.1, -0.05) is 28.1 Å². The number of esters is 1. The van der Waals surface area contributed by atoms with E-state index in [4.69, 9.17) is 0 Å². The normalized spacial score (nSPS) is 12.1. The van der Waals surface area contributed by atoms with Crippen LogP contribution in [0.1, 0.15) is 13.3 Å². The monoisotopic (exact) mass is 435 g/mol. The van der Waals surface area contributed by atoms with Gasteiger partial charge in [0.15, 0.2) is 5.71 Å². The molecule has 0 radical (unpaired) electrons. The lowest BCUT2D eigenvalue weighted by Gasteiger charge is -2.09. The lowest BCUT2D eigenvalue weighted by atomic mass is 10.2. The van der Waals surface area contributed by atoms with Gasteiger partial charge in [0.1, 0.15) is 0 Å². The van der Waals surface area contributed by atoms with Crippen molar-refractivity contribution in [1.29, 1.82) is 0 Å². The summed E-state index contributed by atoms with van der Waals surface area (Å²) in [6, 6.07) is 7.32. The van der Waals surface area contributed by atoms with Crippen molar-refractivity contribution in [3.8, 4) is 11.3 Å². The lowest BCUT2D eigenvalue weighted by molar-refractivity contribution is -0.142. The number of hydrogen-bond donors (Lipinski definition) is 1.